The number of halogens is 3. The Hall–Kier alpha value is -1.97. The van der Waals surface area contributed by atoms with Crippen LogP contribution in [0.4, 0.5) is 13.2 Å². The van der Waals surface area contributed by atoms with Crippen LogP contribution in [0, 0.1) is 29.3 Å². The highest BCUT2D eigenvalue weighted by atomic mass is 19.2. The minimum atomic E-state index is -0.987. The number of benzene rings is 2. The molecule has 0 bridgehead atoms. The average Bonchev–Trinajstić information content (AvgIpc) is 2.57. The van der Waals surface area contributed by atoms with Gasteiger partial charge in [0, 0.05) is 11.6 Å². The third-order valence-electron chi connectivity index (χ3n) is 4.79. The van der Waals surface area contributed by atoms with E-state index in [1.165, 1.54) is 25.0 Å². The van der Waals surface area contributed by atoms with Gasteiger partial charge in [0.05, 0.1) is 6.61 Å². The van der Waals surface area contributed by atoms with E-state index in [4.69, 9.17) is 4.74 Å². The molecule has 1 aliphatic carbocycles. The summed E-state index contributed by atoms with van der Waals surface area (Å²) in [5, 5.41) is 0. The second-order valence-electron chi connectivity index (χ2n) is 6.71. The largest absolute Gasteiger partial charge is 0.493 e. The summed E-state index contributed by atoms with van der Waals surface area (Å²) in [6.45, 7) is 2.86. The molecule has 0 heterocycles. The van der Waals surface area contributed by atoms with Crippen molar-refractivity contribution >= 4 is 0 Å². The summed E-state index contributed by atoms with van der Waals surface area (Å²) in [5.74, 6) is -0.655. The Bertz CT molecular complexity index is 706. The molecular weight excluding hydrogens is 313 g/mol. The van der Waals surface area contributed by atoms with E-state index >= 15 is 0 Å². The van der Waals surface area contributed by atoms with Gasteiger partial charge in [-0.3, -0.25) is 0 Å². The zero-order chi connectivity index (χ0) is 17.1. The molecule has 0 atom stereocenters. The molecule has 0 spiro atoms. The molecule has 0 aliphatic heterocycles. The first-order chi connectivity index (χ1) is 11.5. The first kappa shape index (κ1) is 16.9. The van der Waals surface area contributed by atoms with Gasteiger partial charge >= 0.3 is 0 Å². The van der Waals surface area contributed by atoms with Gasteiger partial charge < -0.3 is 4.74 Å². The van der Waals surface area contributed by atoms with Crippen molar-refractivity contribution in [2.24, 2.45) is 11.8 Å². The zero-order valence-corrected chi connectivity index (χ0v) is 13.7. The molecule has 1 fully saturated rings. The topological polar surface area (TPSA) is 9.23 Å². The van der Waals surface area contributed by atoms with Gasteiger partial charge in [0.2, 0.25) is 0 Å². The Balaban J connectivity index is 1.67. The first-order valence-corrected chi connectivity index (χ1v) is 8.40. The fraction of sp³-hybridized carbons (Fsp3) is 0.400. The SMILES string of the molecule is CC1CCC(COc2ccc(-c3ccc(F)c(F)c3)c(F)c2)CC1. The van der Waals surface area contributed by atoms with Crippen molar-refractivity contribution < 1.29 is 17.9 Å². The lowest BCUT2D eigenvalue weighted by molar-refractivity contribution is 0.187. The van der Waals surface area contributed by atoms with Gasteiger partial charge in [0.1, 0.15) is 11.6 Å². The second-order valence-corrected chi connectivity index (χ2v) is 6.71. The van der Waals surface area contributed by atoms with Crippen molar-refractivity contribution in [2.75, 3.05) is 6.61 Å². The first-order valence-electron chi connectivity index (χ1n) is 8.40. The summed E-state index contributed by atoms with van der Waals surface area (Å²) < 4.78 is 46.3. The lowest BCUT2D eigenvalue weighted by atomic mass is 9.83. The molecule has 2 aromatic rings. The fourth-order valence-electron chi connectivity index (χ4n) is 3.19. The lowest BCUT2D eigenvalue weighted by Crippen LogP contribution is -2.18. The summed E-state index contributed by atoms with van der Waals surface area (Å²) in [5.41, 5.74) is 0.534. The number of rotatable bonds is 4. The van der Waals surface area contributed by atoms with Crippen LogP contribution in [0.2, 0.25) is 0 Å². The van der Waals surface area contributed by atoms with Crippen LogP contribution in [0.5, 0.6) is 5.75 Å². The van der Waals surface area contributed by atoms with E-state index in [-0.39, 0.29) is 5.56 Å². The van der Waals surface area contributed by atoms with Crippen LogP contribution in [0.15, 0.2) is 36.4 Å². The molecule has 24 heavy (non-hydrogen) atoms. The minimum absolute atomic E-state index is 0.229. The molecule has 0 unspecified atom stereocenters. The van der Waals surface area contributed by atoms with Crippen LogP contribution in [0.25, 0.3) is 11.1 Å². The Morgan fingerprint density at radius 1 is 0.875 bits per heavy atom. The second kappa shape index (κ2) is 7.29. The fourth-order valence-corrected chi connectivity index (χ4v) is 3.19. The van der Waals surface area contributed by atoms with Gasteiger partial charge in [-0.15, -0.1) is 0 Å². The van der Waals surface area contributed by atoms with E-state index < -0.39 is 17.5 Å². The van der Waals surface area contributed by atoms with Crippen LogP contribution in [-0.4, -0.2) is 6.61 Å². The summed E-state index contributed by atoms with van der Waals surface area (Å²) in [6.07, 6.45) is 4.74. The highest BCUT2D eigenvalue weighted by Crippen LogP contribution is 2.30. The van der Waals surface area contributed by atoms with E-state index in [0.29, 0.717) is 23.8 Å². The molecule has 1 aliphatic rings. The number of ether oxygens (including phenoxy) is 1. The van der Waals surface area contributed by atoms with E-state index in [0.717, 1.165) is 30.9 Å². The molecule has 1 saturated carbocycles. The third-order valence-corrected chi connectivity index (χ3v) is 4.79. The molecule has 1 nitrogen and oxygen atoms in total. The highest BCUT2D eigenvalue weighted by molar-refractivity contribution is 5.65. The summed E-state index contributed by atoms with van der Waals surface area (Å²) in [7, 11) is 0. The van der Waals surface area contributed by atoms with Crippen molar-refractivity contribution in [1.29, 1.82) is 0 Å². The van der Waals surface area contributed by atoms with Crippen LogP contribution in [0.3, 0.4) is 0 Å². The van der Waals surface area contributed by atoms with E-state index in [9.17, 15) is 13.2 Å². The maximum Gasteiger partial charge on any atom is 0.159 e. The lowest BCUT2D eigenvalue weighted by Gasteiger charge is -2.26. The third kappa shape index (κ3) is 3.92. The van der Waals surface area contributed by atoms with Crippen LogP contribution in [-0.2, 0) is 0 Å². The molecule has 4 heteroatoms. The van der Waals surface area contributed by atoms with Crippen LogP contribution >= 0.6 is 0 Å². The Morgan fingerprint density at radius 2 is 1.62 bits per heavy atom. The summed E-state index contributed by atoms with van der Waals surface area (Å²) in [6, 6.07) is 7.88. The van der Waals surface area contributed by atoms with Gasteiger partial charge in [0.15, 0.2) is 11.6 Å². The monoisotopic (exact) mass is 334 g/mol. The van der Waals surface area contributed by atoms with Gasteiger partial charge in [-0.05, 0) is 54.5 Å². The molecule has 0 N–H and O–H groups in total. The zero-order valence-electron chi connectivity index (χ0n) is 13.7. The molecule has 128 valence electrons. The Morgan fingerprint density at radius 3 is 2.29 bits per heavy atom. The van der Waals surface area contributed by atoms with Gasteiger partial charge in [-0.2, -0.15) is 0 Å². The van der Waals surface area contributed by atoms with E-state index in [1.807, 2.05) is 0 Å². The van der Waals surface area contributed by atoms with Crippen molar-refractivity contribution in [3.63, 3.8) is 0 Å². The molecule has 2 aromatic carbocycles. The molecule has 0 radical (unpaired) electrons. The van der Waals surface area contributed by atoms with Gasteiger partial charge in [-0.1, -0.05) is 25.8 Å². The van der Waals surface area contributed by atoms with Crippen LogP contribution < -0.4 is 4.74 Å². The van der Waals surface area contributed by atoms with Crippen molar-refractivity contribution in [3.05, 3.63) is 53.8 Å². The van der Waals surface area contributed by atoms with E-state index in [2.05, 4.69) is 6.92 Å². The molecular formula is C20H21F3O. The Kier molecular flexibility index (Phi) is 5.12. The maximum absolute atomic E-state index is 14.3. The normalized spacial score (nSPS) is 20.8. The number of hydrogen-bond donors (Lipinski definition) is 0. The molecule has 0 aromatic heterocycles. The van der Waals surface area contributed by atoms with Gasteiger partial charge in [-0.25, -0.2) is 13.2 Å². The predicted molar refractivity (Wildman–Crippen MR) is 88.4 cm³/mol. The highest BCUT2D eigenvalue weighted by Gasteiger charge is 2.19. The smallest absolute Gasteiger partial charge is 0.159 e. The maximum atomic E-state index is 14.3. The molecule has 0 amide bonds. The summed E-state index contributed by atoms with van der Waals surface area (Å²) >= 11 is 0. The van der Waals surface area contributed by atoms with Crippen molar-refractivity contribution in [1.82, 2.24) is 0 Å². The Labute approximate surface area is 140 Å². The number of hydrogen-bond acceptors (Lipinski definition) is 1. The van der Waals surface area contributed by atoms with Crippen molar-refractivity contribution in [2.45, 2.75) is 32.6 Å². The van der Waals surface area contributed by atoms with E-state index in [1.54, 1.807) is 12.1 Å². The standard InChI is InChI=1S/C20H21F3O/c1-13-2-4-14(5-3-13)12-24-16-7-8-17(19(22)11-16)15-6-9-18(21)20(23)10-15/h6-11,13-14H,2-5,12H2,1H3. The quantitative estimate of drug-likeness (QED) is 0.669. The average molecular weight is 334 g/mol. The minimum Gasteiger partial charge on any atom is -0.493 e. The molecule has 0 saturated heterocycles. The summed E-state index contributed by atoms with van der Waals surface area (Å²) in [4.78, 5) is 0. The van der Waals surface area contributed by atoms with Crippen LogP contribution in [0.1, 0.15) is 32.6 Å². The predicted octanol–water partition coefficient (Wildman–Crippen LogP) is 5.98. The van der Waals surface area contributed by atoms with Crippen molar-refractivity contribution in [3.8, 4) is 16.9 Å². The van der Waals surface area contributed by atoms with Gasteiger partial charge in [0.25, 0.3) is 0 Å². The molecule has 3 rings (SSSR count).